The Kier molecular flexibility index (Phi) is 5.65. The third-order valence-electron chi connectivity index (χ3n) is 4.10. The molecule has 2 fully saturated rings. The third kappa shape index (κ3) is 4.56. The summed E-state index contributed by atoms with van der Waals surface area (Å²) in [5, 5.41) is 2.95. The molecule has 1 aromatic rings. The quantitative estimate of drug-likeness (QED) is 0.894. The highest BCUT2D eigenvalue weighted by Gasteiger charge is 2.15. The maximum Gasteiger partial charge on any atom is 0.317 e. The number of anilines is 1. The molecule has 0 aromatic carbocycles. The first-order valence-corrected chi connectivity index (χ1v) is 8.21. The van der Waals surface area contributed by atoms with Crippen molar-refractivity contribution in [1.29, 1.82) is 0 Å². The van der Waals surface area contributed by atoms with Crippen molar-refractivity contribution >= 4 is 11.8 Å². The summed E-state index contributed by atoms with van der Waals surface area (Å²) in [4.78, 5) is 20.7. The minimum atomic E-state index is -0.0345. The van der Waals surface area contributed by atoms with Crippen molar-refractivity contribution in [2.45, 2.75) is 13.0 Å². The van der Waals surface area contributed by atoms with E-state index < -0.39 is 0 Å². The lowest BCUT2D eigenvalue weighted by molar-refractivity contribution is 0.122. The maximum atomic E-state index is 12.2. The number of carbonyl (C=O) groups is 1. The highest BCUT2D eigenvalue weighted by molar-refractivity contribution is 5.74. The zero-order chi connectivity index (χ0) is 15.9. The molecular weight excluding hydrogens is 296 g/mol. The van der Waals surface area contributed by atoms with Crippen molar-refractivity contribution in [3.8, 4) is 0 Å². The Morgan fingerprint density at radius 2 is 1.87 bits per heavy atom. The van der Waals surface area contributed by atoms with Gasteiger partial charge in [0.05, 0.1) is 19.8 Å². The summed E-state index contributed by atoms with van der Waals surface area (Å²) in [6.07, 6.45) is 2.72. The summed E-state index contributed by atoms with van der Waals surface area (Å²) in [5.41, 5.74) is 1.00. The molecule has 1 N–H and O–H groups in total. The molecule has 2 amide bonds. The molecule has 0 radical (unpaired) electrons. The lowest BCUT2D eigenvalue weighted by atomic mass is 10.2. The summed E-state index contributed by atoms with van der Waals surface area (Å²) in [6, 6.07) is 3.99. The third-order valence-corrected chi connectivity index (χ3v) is 4.10. The first-order chi connectivity index (χ1) is 11.3. The van der Waals surface area contributed by atoms with Gasteiger partial charge in [0.2, 0.25) is 0 Å². The first-order valence-electron chi connectivity index (χ1n) is 8.21. The molecule has 0 saturated carbocycles. The van der Waals surface area contributed by atoms with Crippen LogP contribution in [-0.4, -0.2) is 68.5 Å². The SMILES string of the molecule is O=C(NCc1ccc(N2CCOCC2)nc1)N1CCCOCC1. The molecule has 126 valence electrons. The van der Waals surface area contributed by atoms with Crippen LogP contribution in [0.1, 0.15) is 12.0 Å². The monoisotopic (exact) mass is 320 g/mol. The number of rotatable bonds is 3. The van der Waals surface area contributed by atoms with Crippen LogP contribution < -0.4 is 10.2 Å². The van der Waals surface area contributed by atoms with E-state index >= 15 is 0 Å². The van der Waals surface area contributed by atoms with Crippen LogP contribution in [0, 0.1) is 0 Å². The van der Waals surface area contributed by atoms with E-state index in [1.54, 1.807) is 0 Å². The minimum absolute atomic E-state index is 0.0345. The van der Waals surface area contributed by atoms with Crippen LogP contribution in [0.2, 0.25) is 0 Å². The number of ether oxygens (including phenoxy) is 2. The molecule has 0 aliphatic carbocycles. The smallest absolute Gasteiger partial charge is 0.317 e. The van der Waals surface area contributed by atoms with E-state index in [-0.39, 0.29) is 6.03 Å². The van der Waals surface area contributed by atoms with Crippen molar-refractivity contribution in [3.05, 3.63) is 23.9 Å². The van der Waals surface area contributed by atoms with Gasteiger partial charge in [-0.1, -0.05) is 6.07 Å². The van der Waals surface area contributed by atoms with Gasteiger partial charge in [0.15, 0.2) is 0 Å². The Balaban J connectivity index is 1.48. The molecule has 0 bridgehead atoms. The molecular formula is C16H24N4O3. The van der Waals surface area contributed by atoms with Gasteiger partial charge in [0.25, 0.3) is 0 Å². The number of amides is 2. The summed E-state index contributed by atoms with van der Waals surface area (Å²) in [6.45, 7) is 6.49. The van der Waals surface area contributed by atoms with E-state index in [4.69, 9.17) is 9.47 Å². The van der Waals surface area contributed by atoms with Crippen molar-refractivity contribution in [2.75, 3.05) is 57.5 Å². The number of urea groups is 1. The van der Waals surface area contributed by atoms with E-state index in [1.165, 1.54) is 0 Å². The highest BCUT2D eigenvalue weighted by atomic mass is 16.5. The second-order valence-electron chi connectivity index (χ2n) is 5.74. The summed E-state index contributed by atoms with van der Waals surface area (Å²) in [7, 11) is 0. The first kappa shape index (κ1) is 16.0. The number of hydrogen-bond donors (Lipinski definition) is 1. The lowest BCUT2D eigenvalue weighted by Crippen LogP contribution is -2.41. The standard InChI is InChI=1S/C16H24N4O3/c21-16(20-4-1-8-22-11-7-20)18-13-14-2-3-15(17-12-14)19-5-9-23-10-6-19/h2-3,12H,1,4-11,13H2,(H,18,21). The number of pyridine rings is 1. The van der Waals surface area contributed by atoms with Gasteiger partial charge in [-0.25, -0.2) is 9.78 Å². The Morgan fingerprint density at radius 1 is 1.09 bits per heavy atom. The van der Waals surface area contributed by atoms with E-state index in [2.05, 4.69) is 15.2 Å². The number of aromatic nitrogens is 1. The lowest BCUT2D eigenvalue weighted by Gasteiger charge is -2.27. The molecule has 3 heterocycles. The minimum Gasteiger partial charge on any atom is -0.380 e. The molecule has 0 unspecified atom stereocenters. The molecule has 2 saturated heterocycles. The summed E-state index contributed by atoms with van der Waals surface area (Å²) in [5.74, 6) is 0.966. The molecule has 2 aliphatic rings. The van der Waals surface area contributed by atoms with Gasteiger partial charge >= 0.3 is 6.03 Å². The number of carbonyl (C=O) groups excluding carboxylic acids is 1. The molecule has 0 spiro atoms. The molecule has 1 aromatic heterocycles. The van der Waals surface area contributed by atoms with Crippen LogP contribution in [0.3, 0.4) is 0 Å². The molecule has 0 atom stereocenters. The molecule has 7 nitrogen and oxygen atoms in total. The molecule has 3 rings (SSSR count). The van der Waals surface area contributed by atoms with Crippen LogP contribution in [0.4, 0.5) is 10.6 Å². The van der Waals surface area contributed by atoms with E-state index in [0.29, 0.717) is 19.7 Å². The normalized spacial score (nSPS) is 19.3. The zero-order valence-electron chi connectivity index (χ0n) is 13.4. The maximum absolute atomic E-state index is 12.2. The highest BCUT2D eigenvalue weighted by Crippen LogP contribution is 2.13. The summed E-state index contributed by atoms with van der Waals surface area (Å²) < 4.78 is 10.7. The number of hydrogen-bond acceptors (Lipinski definition) is 5. The Hall–Kier alpha value is -1.86. The molecule has 2 aliphatic heterocycles. The van der Waals surface area contributed by atoms with Crippen LogP contribution in [0.15, 0.2) is 18.3 Å². The number of nitrogens with zero attached hydrogens (tertiary/aromatic N) is 3. The largest absolute Gasteiger partial charge is 0.380 e. The predicted octanol–water partition coefficient (Wildman–Crippen LogP) is 0.850. The van der Waals surface area contributed by atoms with Crippen LogP contribution in [0.25, 0.3) is 0 Å². The van der Waals surface area contributed by atoms with Crippen LogP contribution in [-0.2, 0) is 16.0 Å². The van der Waals surface area contributed by atoms with Crippen molar-refractivity contribution in [3.63, 3.8) is 0 Å². The fourth-order valence-electron chi connectivity index (χ4n) is 2.74. The average molecular weight is 320 g/mol. The van der Waals surface area contributed by atoms with Crippen LogP contribution >= 0.6 is 0 Å². The van der Waals surface area contributed by atoms with Crippen molar-refractivity contribution in [1.82, 2.24) is 15.2 Å². The van der Waals surface area contributed by atoms with Gasteiger partial charge in [-0.2, -0.15) is 0 Å². The topological polar surface area (TPSA) is 66.9 Å². The second kappa shape index (κ2) is 8.12. The number of morpholine rings is 1. The van der Waals surface area contributed by atoms with Gasteiger partial charge in [0.1, 0.15) is 5.82 Å². The van der Waals surface area contributed by atoms with Gasteiger partial charge in [-0.05, 0) is 18.1 Å². The Bertz CT molecular complexity index is 495. The zero-order valence-corrected chi connectivity index (χ0v) is 13.4. The van der Waals surface area contributed by atoms with Gasteiger partial charge in [0, 0.05) is 45.5 Å². The van der Waals surface area contributed by atoms with Gasteiger partial charge < -0.3 is 24.6 Å². The van der Waals surface area contributed by atoms with E-state index in [1.807, 2.05) is 23.2 Å². The average Bonchev–Trinajstić information content (AvgIpc) is 2.90. The predicted molar refractivity (Wildman–Crippen MR) is 86.5 cm³/mol. The van der Waals surface area contributed by atoms with E-state index in [0.717, 1.165) is 57.3 Å². The molecule has 7 heteroatoms. The summed E-state index contributed by atoms with van der Waals surface area (Å²) >= 11 is 0. The fourth-order valence-corrected chi connectivity index (χ4v) is 2.74. The van der Waals surface area contributed by atoms with Crippen LogP contribution in [0.5, 0.6) is 0 Å². The Morgan fingerprint density at radius 3 is 2.65 bits per heavy atom. The molecule has 23 heavy (non-hydrogen) atoms. The van der Waals surface area contributed by atoms with Crippen molar-refractivity contribution < 1.29 is 14.3 Å². The van der Waals surface area contributed by atoms with Crippen molar-refractivity contribution in [2.24, 2.45) is 0 Å². The fraction of sp³-hybridized carbons (Fsp3) is 0.625. The van der Waals surface area contributed by atoms with Gasteiger partial charge in [-0.15, -0.1) is 0 Å². The number of nitrogens with one attached hydrogen (secondary N) is 1. The second-order valence-corrected chi connectivity index (χ2v) is 5.74. The van der Waals surface area contributed by atoms with E-state index in [9.17, 15) is 4.79 Å². The van der Waals surface area contributed by atoms with Gasteiger partial charge in [-0.3, -0.25) is 0 Å². The Labute approximate surface area is 136 Å².